The Labute approximate surface area is 107 Å². The first kappa shape index (κ1) is 12.8. The van der Waals surface area contributed by atoms with Crippen LogP contribution in [0.1, 0.15) is 23.0 Å². The summed E-state index contributed by atoms with van der Waals surface area (Å²) in [6.45, 7) is 2.05. The van der Waals surface area contributed by atoms with Crippen molar-refractivity contribution in [1.82, 2.24) is 10.3 Å². The molecule has 0 bridgehead atoms. The van der Waals surface area contributed by atoms with Crippen LogP contribution >= 0.6 is 22.6 Å². The van der Waals surface area contributed by atoms with E-state index in [1.165, 1.54) is 0 Å². The molecule has 5 heteroatoms. The van der Waals surface area contributed by atoms with Crippen LogP contribution in [0, 0.1) is 15.9 Å². The minimum absolute atomic E-state index is 0.0943. The third-order valence-corrected chi connectivity index (χ3v) is 2.98. The Morgan fingerprint density at radius 3 is 2.94 bits per heavy atom. The second-order valence-electron chi connectivity index (χ2n) is 3.08. The predicted octanol–water partition coefficient (Wildman–Crippen LogP) is 0.905. The third-order valence-electron chi connectivity index (χ3n) is 2.02. The molecule has 0 saturated heterocycles. The maximum Gasteiger partial charge on any atom is 0.261 e. The van der Waals surface area contributed by atoms with E-state index in [-0.39, 0.29) is 17.7 Å². The zero-order valence-corrected chi connectivity index (χ0v) is 10.9. The number of carbonyl (C=O) groups excluding carboxylic acids is 1. The molecule has 0 aromatic carbocycles. The number of hydrogen-bond acceptors (Lipinski definition) is 2. The Hall–Kier alpha value is -1.29. The molecule has 0 aliphatic rings. The lowest BCUT2D eigenvalue weighted by atomic mass is 10.2. The standard InChI is InChI=1S/C11H11IN2O2/c1-3-5-13-10(15)7-6-8(12)9(4-2)14-11(7)16/h1,6H,4-5H2,2H3,(H,13,15)(H,14,16). The molecule has 84 valence electrons. The second kappa shape index (κ2) is 5.70. The van der Waals surface area contributed by atoms with Crippen molar-refractivity contribution < 1.29 is 4.79 Å². The number of H-pyrrole nitrogens is 1. The highest BCUT2D eigenvalue weighted by Gasteiger charge is 2.12. The number of aryl methyl sites for hydroxylation is 1. The van der Waals surface area contributed by atoms with E-state index in [0.29, 0.717) is 0 Å². The normalized spacial score (nSPS) is 9.56. The number of carbonyl (C=O) groups is 1. The van der Waals surface area contributed by atoms with Crippen molar-refractivity contribution in [2.75, 3.05) is 6.54 Å². The number of pyridine rings is 1. The number of rotatable bonds is 3. The van der Waals surface area contributed by atoms with Crippen molar-refractivity contribution in [3.05, 3.63) is 31.2 Å². The van der Waals surface area contributed by atoms with Crippen molar-refractivity contribution in [2.24, 2.45) is 0 Å². The van der Waals surface area contributed by atoms with Crippen molar-refractivity contribution in [1.29, 1.82) is 0 Å². The van der Waals surface area contributed by atoms with Crippen LogP contribution in [0.25, 0.3) is 0 Å². The van der Waals surface area contributed by atoms with E-state index in [9.17, 15) is 9.59 Å². The van der Waals surface area contributed by atoms with Gasteiger partial charge >= 0.3 is 0 Å². The number of halogens is 1. The van der Waals surface area contributed by atoms with Crippen molar-refractivity contribution in [3.8, 4) is 12.3 Å². The van der Waals surface area contributed by atoms with Gasteiger partial charge in [0, 0.05) is 9.26 Å². The van der Waals surface area contributed by atoms with Crippen molar-refractivity contribution in [2.45, 2.75) is 13.3 Å². The van der Waals surface area contributed by atoms with Crippen LogP contribution in [-0.4, -0.2) is 17.4 Å². The molecule has 0 unspecified atom stereocenters. The first-order chi connectivity index (χ1) is 7.60. The SMILES string of the molecule is C#CCNC(=O)c1cc(I)c(CC)[nH]c1=O. The van der Waals surface area contributed by atoms with Gasteiger partial charge < -0.3 is 10.3 Å². The van der Waals surface area contributed by atoms with E-state index in [4.69, 9.17) is 6.42 Å². The van der Waals surface area contributed by atoms with Crippen LogP contribution in [0.4, 0.5) is 0 Å². The van der Waals surface area contributed by atoms with Crippen LogP contribution in [0.15, 0.2) is 10.9 Å². The summed E-state index contributed by atoms with van der Waals surface area (Å²) < 4.78 is 0.866. The monoisotopic (exact) mass is 330 g/mol. The highest BCUT2D eigenvalue weighted by molar-refractivity contribution is 14.1. The molecule has 16 heavy (non-hydrogen) atoms. The summed E-state index contributed by atoms with van der Waals surface area (Å²) >= 11 is 2.08. The number of amides is 1. The highest BCUT2D eigenvalue weighted by atomic mass is 127. The molecule has 4 nitrogen and oxygen atoms in total. The van der Waals surface area contributed by atoms with Gasteiger partial charge in [0.1, 0.15) is 5.56 Å². The molecule has 2 N–H and O–H groups in total. The smallest absolute Gasteiger partial charge is 0.261 e. The van der Waals surface area contributed by atoms with Gasteiger partial charge in [0.05, 0.1) is 6.54 Å². The van der Waals surface area contributed by atoms with E-state index in [1.807, 2.05) is 6.92 Å². The number of hydrogen-bond donors (Lipinski definition) is 2. The van der Waals surface area contributed by atoms with Crippen LogP contribution in [-0.2, 0) is 6.42 Å². The quantitative estimate of drug-likeness (QED) is 0.639. The Balaban J connectivity index is 3.07. The Morgan fingerprint density at radius 2 is 2.38 bits per heavy atom. The van der Waals surface area contributed by atoms with Gasteiger partial charge in [0.2, 0.25) is 0 Å². The average molecular weight is 330 g/mol. The molecule has 0 saturated carbocycles. The fourth-order valence-corrected chi connectivity index (χ4v) is 2.02. The summed E-state index contributed by atoms with van der Waals surface area (Å²) in [5.41, 5.74) is 0.544. The molecule has 0 atom stereocenters. The van der Waals surface area contributed by atoms with E-state index in [1.54, 1.807) is 6.07 Å². The number of nitrogens with one attached hydrogen (secondary N) is 2. The van der Waals surface area contributed by atoms with Gasteiger partial charge in [-0.15, -0.1) is 6.42 Å². The molecule has 0 aliphatic heterocycles. The van der Waals surface area contributed by atoms with Gasteiger partial charge in [-0.25, -0.2) is 0 Å². The minimum atomic E-state index is -0.445. The average Bonchev–Trinajstić information content (AvgIpc) is 2.28. The number of aromatic nitrogens is 1. The maximum atomic E-state index is 11.6. The molecule has 1 aromatic rings. The zero-order chi connectivity index (χ0) is 12.1. The maximum absolute atomic E-state index is 11.6. The van der Waals surface area contributed by atoms with Gasteiger partial charge in [-0.2, -0.15) is 0 Å². The van der Waals surface area contributed by atoms with Gasteiger partial charge in [-0.3, -0.25) is 9.59 Å². The summed E-state index contributed by atoms with van der Waals surface area (Å²) in [5, 5.41) is 2.46. The summed E-state index contributed by atoms with van der Waals surface area (Å²) in [5.74, 6) is 1.83. The molecule has 1 heterocycles. The highest BCUT2D eigenvalue weighted by Crippen LogP contribution is 2.09. The topological polar surface area (TPSA) is 62.0 Å². The molecule has 0 fully saturated rings. The molecule has 0 spiro atoms. The summed E-state index contributed by atoms with van der Waals surface area (Å²) in [4.78, 5) is 25.8. The summed E-state index contributed by atoms with van der Waals surface area (Å²) in [7, 11) is 0. The second-order valence-corrected chi connectivity index (χ2v) is 4.24. The Kier molecular flexibility index (Phi) is 4.55. The summed E-state index contributed by atoms with van der Waals surface area (Å²) in [6.07, 6.45) is 5.74. The lowest BCUT2D eigenvalue weighted by Gasteiger charge is -2.05. The lowest BCUT2D eigenvalue weighted by Crippen LogP contribution is -2.30. The Morgan fingerprint density at radius 1 is 1.69 bits per heavy atom. The molecule has 0 radical (unpaired) electrons. The lowest BCUT2D eigenvalue weighted by molar-refractivity contribution is 0.0957. The minimum Gasteiger partial charge on any atom is -0.341 e. The molecule has 1 rings (SSSR count). The fraction of sp³-hybridized carbons (Fsp3) is 0.273. The van der Waals surface area contributed by atoms with Crippen molar-refractivity contribution in [3.63, 3.8) is 0 Å². The van der Waals surface area contributed by atoms with Crippen LogP contribution in [0.2, 0.25) is 0 Å². The van der Waals surface area contributed by atoms with Gasteiger partial charge in [0.15, 0.2) is 0 Å². The zero-order valence-electron chi connectivity index (χ0n) is 8.76. The largest absolute Gasteiger partial charge is 0.341 e. The predicted molar refractivity (Wildman–Crippen MR) is 70.3 cm³/mol. The first-order valence-electron chi connectivity index (χ1n) is 4.73. The van der Waals surface area contributed by atoms with E-state index < -0.39 is 5.91 Å². The summed E-state index contributed by atoms with van der Waals surface area (Å²) in [6, 6.07) is 1.57. The molecule has 1 amide bonds. The molecular formula is C11H11IN2O2. The van der Waals surface area contributed by atoms with Crippen LogP contribution in [0.3, 0.4) is 0 Å². The molecule has 1 aromatic heterocycles. The molecular weight excluding hydrogens is 319 g/mol. The third kappa shape index (κ3) is 2.85. The van der Waals surface area contributed by atoms with Gasteiger partial charge in [-0.05, 0) is 35.1 Å². The Bertz CT molecular complexity index is 500. The first-order valence-corrected chi connectivity index (χ1v) is 5.81. The van der Waals surface area contributed by atoms with E-state index in [2.05, 4.69) is 38.8 Å². The van der Waals surface area contributed by atoms with Gasteiger partial charge in [0.25, 0.3) is 11.5 Å². The number of aromatic amines is 1. The van der Waals surface area contributed by atoms with Crippen LogP contribution < -0.4 is 10.9 Å². The van der Waals surface area contributed by atoms with Crippen molar-refractivity contribution >= 4 is 28.5 Å². The number of terminal acetylenes is 1. The molecule has 0 aliphatic carbocycles. The van der Waals surface area contributed by atoms with Crippen LogP contribution in [0.5, 0.6) is 0 Å². The van der Waals surface area contributed by atoms with Gasteiger partial charge in [-0.1, -0.05) is 12.8 Å². The fourth-order valence-electron chi connectivity index (χ4n) is 1.20. The van der Waals surface area contributed by atoms with E-state index >= 15 is 0 Å². The van der Waals surface area contributed by atoms with E-state index in [0.717, 1.165) is 15.7 Å².